The number of aromatic nitrogens is 3. The number of likely N-dealkylation sites (tertiary alicyclic amines) is 1. The zero-order valence-corrected chi connectivity index (χ0v) is 16.3. The molecule has 4 rings (SSSR count). The molecule has 0 saturated carbocycles. The first-order valence-corrected chi connectivity index (χ1v) is 9.70. The molecule has 1 aromatic heterocycles. The van der Waals surface area contributed by atoms with Gasteiger partial charge in [-0.1, -0.05) is 29.3 Å². The largest absolute Gasteiger partial charge is 0.348 e. The summed E-state index contributed by atoms with van der Waals surface area (Å²) in [5.74, 6) is 0.851. The predicted molar refractivity (Wildman–Crippen MR) is 108 cm³/mol. The van der Waals surface area contributed by atoms with E-state index in [1.165, 1.54) is 4.68 Å². The molecule has 0 radical (unpaired) electrons. The molecule has 3 aromatic rings. The van der Waals surface area contributed by atoms with Gasteiger partial charge >= 0.3 is 5.69 Å². The number of amides is 1. The fourth-order valence-corrected chi connectivity index (χ4v) is 3.64. The minimum atomic E-state index is -0.268. The number of carbonyl (C=O) groups excluding carboxylic acids is 1. The van der Waals surface area contributed by atoms with Crippen LogP contribution in [0.3, 0.4) is 0 Å². The summed E-state index contributed by atoms with van der Waals surface area (Å²) in [5, 5.41) is 5.08. The quantitative estimate of drug-likeness (QED) is 0.736. The fraction of sp³-hybridized carbons (Fsp3) is 0.286. The van der Waals surface area contributed by atoms with Crippen molar-refractivity contribution in [2.24, 2.45) is 0 Å². The van der Waals surface area contributed by atoms with Crippen LogP contribution in [0.4, 0.5) is 0 Å². The summed E-state index contributed by atoms with van der Waals surface area (Å²) in [7, 11) is 0. The minimum absolute atomic E-state index is 0.0543. The number of rotatable bonds is 3. The molecule has 1 aliphatic rings. The number of nitrogens with zero attached hydrogens (tertiary/aromatic N) is 3. The normalized spacial score (nSPS) is 15.0. The summed E-state index contributed by atoms with van der Waals surface area (Å²) in [4.78, 5) is 29.7. The molecule has 1 aliphatic heterocycles. The maximum atomic E-state index is 12.7. The molecular formula is C21H21ClN4O2. The lowest BCUT2D eigenvalue weighted by Crippen LogP contribution is -2.38. The van der Waals surface area contributed by atoms with Crippen molar-refractivity contribution in [1.29, 1.82) is 0 Å². The van der Waals surface area contributed by atoms with E-state index in [9.17, 15) is 9.59 Å². The maximum absolute atomic E-state index is 12.7. The van der Waals surface area contributed by atoms with E-state index in [1.807, 2.05) is 36.1 Å². The second kappa shape index (κ2) is 7.64. The Bertz CT molecular complexity index is 1030. The number of H-pyrrole nitrogens is 1. The number of nitrogens with one attached hydrogen (secondary N) is 1. The van der Waals surface area contributed by atoms with Gasteiger partial charge in [-0.3, -0.25) is 9.78 Å². The lowest BCUT2D eigenvalue weighted by Gasteiger charge is -2.31. The number of hydrogen-bond acceptors (Lipinski definition) is 3. The van der Waals surface area contributed by atoms with Crippen molar-refractivity contribution < 1.29 is 4.79 Å². The SMILES string of the molecule is Cc1ccc(C(=O)N2CCC(c3nn(-c4ccc(Cl)cc4)c(=O)[nH]3)CC2)cc1. The third-order valence-electron chi connectivity index (χ3n) is 5.17. The Balaban J connectivity index is 1.45. The van der Waals surface area contributed by atoms with Crippen LogP contribution < -0.4 is 5.69 Å². The first-order chi connectivity index (χ1) is 13.5. The van der Waals surface area contributed by atoms with Gasteiger partial charge in [-0.05, 0) is 56.2 Å². The number of aryl methyl sites for hydroxylation is 1. The predicted octanol–water partition coefficient (Wildman–Crippen LogP) is 3.54. The topological polar surface area (TPSA) is 71.0 Å². The molecule has 7 heteroatoms. The molecule has 1 N–H and O–H groups in total. The highest BCUT2D eigenvalue weighted by atomic mass is 35.5. The molecule has 28 heavy (non-hydrogen) atoms. The van der Waals surface area contributed by atoms with Crippen LogP contribution in [0, 0.1) is 6.92 Å². The third kappa shape index (κ3) is 3.73. The maximum Gasteiger partial charge on any atom is 0.348 e. The molecule has 6 nitrogen and oxygen atoms in total. The molecule has 0 unspecified atom stereocenters. The van der Waals surface area contributed by atoms with Gasteiger partial charge in [0.2, 0.25) is 0 Å². The molecule has 0 aliphatic carbocycles. The highest BCUT2D eigenvalue weighted by Gasteiger charge is 2.27. The molecular weight excluding hydrogens is 376 g/mol. The minimum Gasteiger partial charge on any atom is -0.339 e. The third-order valence-corrected chi connectivity index (χ3v) is 5.43. The number of hydrogen-bond donors (Lipinski definition) is 1. The lowest BCUT2D eigenvalue weighted by atomic mass is 9.95. The smallest absolute Gasteiger partial charge is 0.339 e. The van der Waals surface area contributed by atoms with E-state index in [4.69, 9.17) is 11.6 Å². The van der Waals surface area contributed by atoms with E-state index >= 15 is 0 Å². The van der Waals surface area contributed by atoms with Crippen LogP contribution >= 0.6 is 11.6 Å². The highest BCUT2D eigenvalue weighted by molar-refractivity contribution is 6.30. The Kier molecular flexibility index (Phi) is 5.05. The van der Waals surface area contributed by atoms with E-state index in [0.29, 0.717) is 35.2 Å². The molecule has 144 valence electrons. The molecule has 1 amide bonds. The summed E-state index contributed by atoms with van der Waals surface area (Å²) in [6.45, 7) is 3.30. The van der Waals surface area contributed by atoms with Crippen molar-refractivity contribution in [3.05, 3.63) is 81.0 Å². The molecule has 0 spiro atoms. The molecule has 0 bridgehead atoms. The lowest BCUT2D eigenvalue weighted by molar-refractivity contribution is 0.0711. The molecule has 1 saturated heterocycles. The first kappa shape index (κ1) is 18.5. The van der Waals surface area contributed by atoms with Gasteiger partial charge in [-0.2, -0.15) is 4.68 Å². The summed E-state index contributed by atoms with van der Waals surface area (Å²) < 4.78 is 1.36. The molecule has 2 aromatic carbocycles. The summed E-state index contributed by atoms with van der Waals surface area (Å²) in [6, 6.07) is 14.6. The molecule has 1 fully saturated rings. The Hall–Kier alpha value is -2.86. The Morgan fingerprint density at radius 2 is 1.71 bits per heavy atom. The van der Waals surface area contributed by atoms with Crippen LogP contribution in [0.15, 0.2) is 53.3 Å². The number of piperidine rings is 1. The average molecular weight is 397 g/mol. The molecule has 0 atom stereocenters. The van der Waals surface area contributed by atoms with E-state index < -0.39 is 0 Å². The van der Waals surface area contributed by atoms with Crippen molar-refractivity contribution in [2.45, 2.75) is 25.7 Å². The van der Waals surface area contributed by atoms with Crippen LogP contribution in [0.2, 0.25) is 5.02 Å². The van der Waals surface area contributed by atoms with E-state index in [0.717, 1.165) is 18.4 Å². The number of benzene rings is 2. The summed E-state index contributed by atoms with van der Waals surface area (Å²) in [6.07, 6.45) is 1.54. The van der Waals surface area contributed by atoms with Crippen LogP contribution in [0.25, 0.3) is 5.69 Å². The van der Waals surface area contributed by atoms with Gasteiger partial charge in [0.1, 0.15) is 5.82 Å². The van der Waals surface area contributed by atoms with E-state index in [-0.39, 0.29) is 17.5 Å². The van der Waals surface area contributed by atoms with Crippen molar-refractivity contribution in [1.82, 2.24) is 19.7 Å². The van der Waals surface area contributed by atoms with Gasteiger partial charge in [-0.25, -0.2) is 4.79 Å². The second-order valence-corrected chi connectivity index (χ2v) is 7.57. The average Bonchev–Trinajstić information content (AvgIpc) is 3.10. The van der Waals surface area contributed by atoms with Gasteiger partial charge < -0.3 is 4.90 Å². The van der Waals surface area contributed by atoms with E-state index in [1.54, 1.807) is 24.3 Å². The highest BCUT2D eigenvalue weighted by Crippen LogP contribution is 2.26. The van der Waals surface area contributed by atoms with Crippen LogP contribution in [0.1, 0.15) is 40.5 Å². The van der Waals surface area contributed by atoms with Crippen LogP contribution in [0.5, 0.6) is 0 Å². The fourth-order valence-electron chi connectivity index (χ4n) is 3.52. The summed E-state index contributed by atoms with van der Waals surface area (Å²) in [5.41, 5.74) is 2.25. The Morgan fingerprint density at radius 3 is 2.36 bits per heavy atom. The van der Waals surface area contributed by atoms with Crippen molar-refractivity contribution >= 4 is 17.5 Å². The van der Waals surface area contributed by atoms with E-state index in [2.05, 4.69) is 10.1 Å². The zero-order chi connectivity index (χ0) is 19.7. The standard InChI is InChI=1S/C21H21ClN4O2/c1-14-2-4-16(5-3-14)20(27)25-12-10-15(11-13-25)19-23-21(28)26(24-19)18-8-6-17(22)7-9-18/h2-9,15H,10-13H2,1H3,(H,23,24,28). The van der Waals surface area contributed by atoms with Gasteiger partial charge in [0, 0.05) is 29.6 Å². The first-order valence-electron chi connectivity index (χ1n) is 9.32. The number of halogens is 1. The molecule has 2 heterocycles. The van der Waals surface area contributed by atoms with Crippen molar-refractivity contribution in [3.8, 4) is 5.69 Å². The Morgan fingerprint density at radius 1 is 1.07 bits per heavy atom. The van der Waals surface area contributed by atoms with Gasteiger partial charge in [-0.15, -0.1) is 5.10 Å². The Labute approximate surface area is 167 Å². The second-order valence-electron chi connectivity index (χ2n) is 7.14. The van der Waals surface area contributed by atoms with Crippen LogP contribution in [-0.4, -0.2) is 38.7 Å². The van der Waals surface area contributed by atoms with Crippen LogP contribution in [-0.2, 0) is 0 Å². The monoisotopic (exact) mass is 396 g/mol. The van der Waals surface area contributed by atoms with Gasteiger partial charge in [0.15, 0.2) is 0 Å². The number of carbonyl (C=O) groups is 1. The van der Waals surface area contributed by atoms with Crippen molar-refractivity contribution in [3.63, 3.8) is 0 Å². The van der Waals surface area contributed by atoms with Gasteiger partial charge in [0.25, 0.3) is 5.91 Å². The number of aromatic amines is 1. The summed E-state index contributed by atoms with van der Waals surface area (Å²) >= 11 is 5.91. The van der Waals surface area contributed by atoms with Gasteiger partial charge in [0.05, 0.1) is 5.69 Å². The zero-order valence-electron chi connectivity index (χ0n) is 15.6. The van der Waals surface area contributed by atoms with Crippen molar-refractivity contribution in [2.75, 3.05) is 13.1 Å².